The zero-order valence-electron chi connectivity index (χ0n) is 12.9. The molecule has 0 radical (unpaired) electrons. The van der Waals surface area contributed by atoms with E-state index in [4.69, 9.17) is 4.74 Å². The highest BCUT2D eigenvalue weighted by Gasteiger charge is 2.39. The van der Waals surface area contributed by atoms with Gasteiger partial charge in [-0.15, -0.1) is 0 Å². The summed E-state index contributed by atoms with van der Waals surface area (Å²) >= 11 is 1.57. The molecule has 6 heteroatoms. The van der Waals surface area contributed by atoms with Gasteiger partial charge >= 0.3 is 5.97 Å². The molecule has 5 nitrogen and oxygen atoms in total. The predicted octanol–water partition coefficient (Wildman–Crippen LogP) is 2.34. The van der Waals surface area contributed by atoms with Crippen molar-refractivity contribution in [2.24, 2.45) is 0 Å². The summed E-state index contributed by atoms with van der Waals surface area (Å²) in [5.74, 6) is 0.612. The number of aryl methyl sites for hydroxylation is 1. The fourth-order valence-corrected chi connectivity index (χ4v) is 3.08. The number of thioether (sulfide) groups is 1. The number of rotatable bonds is 8. The van der Waals surface area contributed by atoms with Crippen LogP contribution in [0.25, 0.3) is 0 Å². The molecule has 1 aromatic heterocycles. The lowest BCUT2D eigenvalue weighted by molar-refractivity contribution is -0.150. The van der Waals surface area contributed by atoms with Crippen LogP contribution in [0.5, 0.6) is 0 Å². The number of esters is 1. The number of carbonyl (C=O) groups is 1. The van der Waals surface area contributed by atoms with Crippen molar-refractivity contribution in [2.45, 2.75) is 56.8 Å². The molecule has 1 unspecified atom stereocenters. The van der Waals surface area contributed by atoms with Gasteiger partial charge in [-0.2, -0.15) is 0 Å². The van der Waals surface area contributed by atoms with E-state index >= 15 is 0 Å². The Labute approximate surface area is 130 Å². The zero-order valence-corrected chi connectivity index (χ0v) is 13.7. The molecule has 1 heterocycles. The fourth-order valence-electron chi connectivity index (χ4n) is 2.04. The molecule has 1 atom stereocenters. The molecule has 1 N–H and O–H groups in total. The summed E-state index contributed by atoms with van der Waals surface area (Å²) in [7, 11) is 0. The number of ether oxygens (including phenoxy) is 1. The Morgan fingerprint density at radius 3 is 2.95 bits per heavy atom. The highest BCUT2D eigenvalue weighted by atomic mass is 32.2. The van der Waals surface area contributed by atoms with Crippen LogP contribution in [0.15, 0.2) is 17.4 Å². The third-order valence-corrected chi connectivity index (χ3v) is 4.30. The third kappa shape index (κ3) is 4.97. The first kappa shape index (κ1) is 16.2. The normalized spacial score (nSPS) is 17.3. The molecule has 0 aromatic carbocycles. The van der Waals surface area contributed by atoms with E-state index in [2.05, 4.69) is 15.3 Å². The van der Waals surface area contributed by atoms with Crippen molar-refractivity contribution in [3.63, 3.8) is 0 Å². The molecule has 0 spiro atoms. The van der Waals surface area contributed by atoms with Crippen molar-refractivity contribution in [2.75, 3.05) is 12.4 Å². The van der Waals surface area contributed by atoms with Crippen molar-refractivity contribution in [1.29, 1.82) is 0 Å². The third-order valence-electron chi connectivity index (χ3n) is 3.43. The summed E-state index contributed by atoms with van der Waals surface area (Å²) in [5, 5.41) is 4.18. The molecule has 1 fully saturated rings. The second-order valence-corrected chi connectivity index (χ2v) is 6.61. The topological polar surface area (TPSA) is 64.1 Å². The molecule has 2 rings (SSSR count). The van der Waals surface area contributed by atoms with Gasteiger partial charge in [0.05, 0.1) is 6.61 Å². The first-order valence-electron chi connectivity index (χ1n) is 7.41. The van der Waals surface area contributed by atoms with Crippen LogP contribution in [-0.4, -0.2) is 39.9 Å². The van der Waals surface area contributed by atoms with Gasteiger partial charge in [0.15, 0.2) is 5.16 Å². The lowest BCUT2D eigenvalue weighted by Gasteiger charge is -2.28. The number of aromatic nitrogens is 2. The standard InChI is InChI=1S/C15H23N3O2S/c1-4-20-13(19)15(3,18-12-5-6-12)8-10-21-14-16-9-7-11(2)17-14/h7,9,12,18H,4-6,8,10H2,1-3H3. The van der Waals surface area contributed by atoms with Crippen LogP contribution in [0, 0.1) is 6.92 Å². The van der Waals surface area contributed by atoms with E-state index in [0.29, 0.717) is 19.1 Å². The minimum Gasteiger partial charge on any atom is -0.465 e. The molecule has 0 bridgehead atoms. The Balaban J connectivity index is 1.90. The Bertz CT molecular complexity index is 494. The number of hydrogen-bond acceptors (Lipinski definition) is 6. The minimum atomic E-state index is -0.617. The van der Waals surface area contributed by atoms with Crippen LogP contribution in [0.1, 0.15) is 38.8 Å². The van der Waals surface area contributed by atoms with Gasteiger partial charge in [0.2, 0.25) is 0 Å². The van der Waals surface area contributed by atoms with Gasteiger partial charge in [-0.1, -0.05) is 11.8 Å². The molecule has 1 aliphatic rings. The molecule has 0 amide bonds. The van der Waals surface area contributed by atoms with Crippen LogP contribution in [0.4, 0.5) is 0 Å². The Kier molecular flexibility index (Phi) is 5.58. The van der Waals surface area contributed by atoms with E-state index in [9.17, 15) is 4.79 Å². The Morgan fingerprint density at radius 1 is 1.57 bits per heavy atom. The molecule has 116 valence electrons. The van der Waals surface area contributed by atoms with E-state index in [-0.39, 0.29) is 5.97 Å². The van der Waals surface area contributed by atoms with Crippen molar-refractivity contribution < 1.29 is 9.53 Å². The molecular weight excluding hydrogens is 286 g/mol. The second kappa shape index (κ2) is 7.22. The van der Waals surface area contributed by atoms with E-state index in [1.807, 2.05) is 26.8 Å². The molecule has 1 aliphatic carbocycles. The van der Waals surface area contributed by atoms with Crippen LogP contribution in [-0.2, 0) is 9.53 Å². The number of hydrogen-bond donors (Lipinski definition) is 1. The van der Waals surface area contributed by atoms with E-state index < -0.39 is 5.54 Å². The highest BCUT2D eigenvalue weighted by molar-refractivity contribution is 7.99. The Morgan fingerprint density at radius 2 is 2.33 bits per heavy atom. The van der Waals surface area contributed by atoms with Gasteiger partial charge in [0.25, 0.3) is 0 Å². The fraction of sp³-hybridized carbons (Fsp3) is 0.667. The molecule has 0 aliphatic heterocycles. The average Bonchev–Trinajstić information content (AvgIpc) is 3.23. The molecule has 21 heavy (non-hydrogen) atoms. The van der Waals surface area contributed by atoms with Crippen LogP contribution < -0.4 is 5.32 Å². The SMILES string of the molecule is CCOC(=O)C(C)(CCSc1nccc(C)n1)NC1CC1. The zero-order chi connectivity index (χ0) is 15.3. The summed E-state index contributed by atoms with van der Waals surface area (Å²) in [6.45, 7) is 6.13. The van der Waals surface area contributed by atoms with Gasteiger partial charge in [-0.25, -0.2) is 9.97 Å². The summed E-state index contributed by atoms with van der Waals surface area (Å²) < 4.78 is 5.22. The van der Waals surface area contributed by atoms with Crippen molar-refractivity contribution in [1.82, 2.24) is 15.3 Å². The van der Waals surface area contributed by atoms with Crippen molar-refractivity contribution >= 4 is 17.7 Å². The maximum absolute atomic E-state index is 12.2. The van der Waals surface area contributed by atoms with Crippen LogP contribution in [0.2, 0.25) is 0 Å². The molecule has 0 saturated heterocycles. The molecule has 1 saturated carbocycles. The number of carbonyl (C=O) groups excluding carboxylic acids is 1. The van der Waals surface area contributed by atoms with Crippen LogP contribution in [0.3, 0.4) is 0 Å². The lowest BCUT2D eigenvalue weighted by atomic mass is 9.99. The van der Waals surface area contributed by atoms with Crippen molar-refractivity contribution in [3.8, 4) is 0 Å². The highest BCUT2D eigenvalue weighted by Crippen LogP contribution is 2.27. The van der Waals surface area contributed by atoms with E-state index in [0.717, 1.165) is 29.4 Å². The average molecular weight is 309 g/mol. The monoisotopic (exact) mass is 309 g/mol. The quantitative estimate of drug-likeness (QED) is 0.452. The van der Waals surface area contributed by atoms with E-state index in [1.54, 1.807) is 18.0 Å². The van der Waals surface area contributed by atoms with Gasteiger partial charge in [-0.3, -0.25) is 10.1 Å². The first-order valence-corrected chi connectivity index (χ1v) is 8.39. The number of nitrogens with zero attached hydrogens (tertiary/aromatic N) is 2. The van der Waals surface area contributed by atoms with Gasteiger partial charge in [0.1, 0.15) is 5.54 Å². The van der Waals surface area contributed by atoms with Gasteiger partial charge in [-0.05, 0) is 46.1 Å². The van der Waals surface area contributed by atoms with Crippen molar-refractivity contribution in [3.05, 3.63) is 18.0 Å². The summed E-state index contributed by atoms with van der Waals surface area (Å²) in [6.07, 6.45) is 4.74. The van der Waals surface area contributed by atoms with Crippen LogP contribution >= 0.6 is 11.8 Å². The van der Waals surface area contributed by atoms with E-state index in [1.165, 1.54) is 0 Å². The largest absolute Gasteiger partial charge is 0.465 e. The number of nitrogens with one attached hydrogen (secondary N) is 1. The lowest BCUT2D eigenvalue weighted by Crippen LogP contribution is -2.52. The Hall–Kier alpha value is -1.14. The maximum Gasteiger partial charge on any atom is 0.326 e. The summed E-state index contributed by atoms with van der Waals surface area (Å²) in [6, 6.07) is 2.33. The maximum atomic E-state index is 12.2. The predicted molar refractivity (Wildman–Crippen MR) is 83.3 cm³/mol. The second-order valence-electron chi connectivity index (χ2n) is 5.55. The van der Waals surface area contributed by atoms with Gasteiger partial charge < -0.3 is 4.74 Å². The molecule has 1 aromatic rings. The smallest absolute Gasteiger partial charge is 0.326 e. The summed E-state index contributed by atoms with van der Waals surface area (Å²) in [5.41, 5.74) is 0.338. The molecular formula is C15H23N3O2S. The summed E-state index contributed by atoms with van der Waals surface area (Å²) in [4.78, 5) is 20.8. The minimum absolute atomic E-state index is 0.164. The van der Waals surface area contributed by atoms with Gasteiger partial charge in [0, 0.05) is 23.7 Å². The first-order chi connectivity index (χ1) is 10.0.